The Balaban J connectivity index is 0.000000138. The van der Waals surface area contributed by atoms with Crippen molar-refractivity contribution in [1.29, 1.82) is 0 Å². The van der Waals surface area contributed by atoms with E-state index in [1.54, 1.807) is 12.1 Å². The van der Waals surface area contributed by atoms with E-state index < -0.39 is 0 Å². The van der Waals surface area contributed by atoms with Crippen molar-refractivity contribution in [3.8, 4) is 11.5 Å². The summed E-state index contributed by atoms with van der Waals surface area (Å²) in [7, 11) is 0. The summed E-state index contributed by atoms with van der Waals surface area (Å²) < 4.78 is 0. The quantitative estimate of drug-likeness (QED) is 0.623. The van der Waals surface area contributed by atoms with Gasteiger partial charge in [0.2, 0.25) is 0 Å². The summed E-state index contributed by atoms with van der Waals surface area (Å²) in [6.07, 6.45) is 1.19. The fourth-order valence-electron chi connectivity index (χ4n) is 1.88. The summed E-state index contributed by atoms with van der Waals surface area (Å²) in [5.41, 5.74) is 2.98. The zero-order valence-corrected chi connectivity index (χ0v) is 10.1. The number of phenolic OH excluding ortho intramolecular Hbond substituents is 2. The SMILES string of the molecule is Oc1ccccc1O.c1ccc2c(c1)CCNC2. The van der Waals surface area contributed by atoms with Gasteiger partial charge in [-0.15, -0.1) is 0 Å². The highest BCUT2D eigenvalue weighted by Crippen LogP contribution is 2.21. The van der Waals surface area contributed by atoms with Gasteiger partial charge in [-0.2, -0.15) is 0 Å². The van der Waals surface area contributed by atoms with Gasteiger partial charge in [0.05, 0.1) is 0 Å². The summed E-state index contributed by atoms with van der Waals surface area (Å²) in [6.45, 7) is 2.19. The highest BCUT2D eigenvalue weighted by molar-refractivity contribution is 5.36. The third-order valence-corrected chi connectivity index (χ3v) is 2.89. The van der Waals surface area contributed by atoms with Crippen LogP contribution in [-0.4, -0.2) is 16.8 Å². The van der Waals surface area contributed by atoms with Crippen molar-refractivity contribution in [3.05, 3.63) is 59.7 Å². The minimum atomic E-state index is -0.0764. The third kappa shape index (κ3) is 3.25. The summed E-state index contributed by atoms with van der Waals surface area (Å²) in [4.78, 5) is 0. The second kappa shape index (κ2) is 6.07. The van der Waals surface area contributed by atoms with E-state index in [-0.39, 0.29) is 11.5 Å². The maximum absolute atomic E-state index is 8.67. The molecule has 0 amide bonds. The van der Waals surface area contributed by atoms with Crippen molar-refractivity contribution < 1.29 is 10.2 Å². The first kappa shape index (κ1) is 12.5. The average Bonchev–Trinajstić information content (AvgIpc) is 2.43. The van der Waals surface area contributed by atoms with E-state index in [1.165, 1.54) is 29.7 Å². The summed E-state index contributed by atoms with van der Waals surface area (Å²) >= 11 is 0. The van der Waals surface area contributed by atoms with Crippen LogP contribution >= 0.6 is 0 Å². The van der Waals surface area contributed by atoms with E-state index >= 15 is 0 Å². The molecule has 0 saturated carbocycles. The Hall–Kier alpha value is -2.00. The predicted molar refractivity (Wildman–Crippen MR) is 71.6 cm³/mol. The highest BCUT2D eigenvalue weighted by atomic mass is 16.3. The molecule has 3 N–H and O–H groups in total. The topological polar surface area (TPSA) is 52.5 Å². The van der Waals surface area contributed by atoms with Gasteiger partial charge < -0.3 is 15.5 Å². The molecule has 1 heterocycles. The molecular weight excluding hydrogens is 226 g/mol. The Kier molecular flexibility index (Phi) is 4.20. The van der Waals surface area contributed by atoms with Crippen LogP contribution < -0.4 is 5.32 Å². The molecule has 3 nitrogen and oxygen atoms in total. The highest BCUT2D eigenvalue weighted by Gasteiger charge is 2.05. The van der Waals surface area contributed by atoms with Gasteiger partial charge in [-0.25, -0.2) is 0 Å². The molecule has 3 rings (SSSR count). The van der Waals surface area contributed by atoms with Gasteiger partial charge in [0.25, 0.3) is 0 Å². The van der Waals surface area contributed by atoms with Crippen LogP contribution in [0.25, 0.3) is 0 Å². The largest absolute Gasteiger partial charge is 0.504 e. The zero-order chi connectivity index (χ0) is 12.8. The number of aromatic hydroxyl groups is 2. The summed E-state index contributed by atoms with van der Waals surface area (Å²) in [5, 5.41) is 20.7. The van der Waals surface area contributed by atoms with Crippen LogP contribution in [0.15, 0.2) is 48.5 Å². The standard InChI is InChI=1S/C9H11N.C6H6O2/c1-2-4-9-7-10-6-5-8(9)3-1;7-5-3-1-2-4-6(5)8/h1-4,10H,5-7H2;1-4,7-8H. The summed E-state index contributed by atoms with van der Waals surface area (Å²) in [5.74, 6) is -0.153. The first-order chi connectivity index (χ1) is 8.77. The van der Waals surface area contributed by atoms with E-state index in [1.807, 2.05) is 0 Å². The van der Waals surface area contributed by atoms with Gasteiger partial charge in [-0.1, -0.05) is 36.4 Å². The Morgan fingerprint density at radius 2 is 1.33 bits per heavy atom. The van der Waals surface area contributed by atoms with Gasteiger partial charge in [-0.05, 0) is 36.2 Å². The van der Waals surface area contributed by atoms with Gasteiger partial charge in [0.15, 0.2) is 11.5 Å². The predicted octanol–water partition coefficient (Wildman–Crippen LogP) is 2.43. The molecule has 18 heavy (non-hydrogen) atoms. The monoisotopic (exact) mass is 243 g/mol. The lowest BCUT2D eigenvalue weighted by atomic mass is 10.0. The van der Waals surface area contributed by atoms with Crippen LogP contribution in [0.5, 0.6) is 11.5 Å². The molecule has 0 spiro atoms. The number of para-hydroxylation sites is 2. The van der Waals surface area contributed by atoms with Crippen molar-refractivity contribution in [3.63, 3.8) is 0 Å². The molecule has 0 radical (unpaired) electrons. The van der Waals surface area contributed by atoms with Crippen LogP contribution in [0.3, 0.4) is 0 Å². The average molecular weight is 243 g/mol. The molecule has 3 heteroatoms. The van der Waals surface area contributed by atoms with E-state index in [2.05, 4.69) is 29.6 Å². The zero-order valence-electron chi connectivity index (χ0n) is 10.1. The molecule has 1 aliphatic rings. The van der Waals surface area contributed by atoms with E-state index in [0.29, 0.717) is 0 Å². The van der Waals surface area contributed by atoms with Crippen molar-refractivity contribution in [2.75, 3.05) is 6.54 Å². The minimum Gasteiger partial charge on any atom is -0.504 e. The van der Waals surface area contributed by atoms with Crippen LogP contribution in [0.4, 0.5) is 0 Å². The number of nitrogens with one attached hydrogen (secondary N) is 1. The lowest BCUT2D eigenvalue weighted by molar-refractivity contribution is 0.404. The lowest BCUT2D eigenvalue weighted by Crippen LogP contribution is -2.23. The normalized spacial score (nSPS) is 13.1. The van der Waals surface area contributed by atoms with E-state index in [0.717, 1.165) is 13.1 Å². The van der Waals surface area contributed by atoms with Crippen molar-refractivity contribution in [2.24, 2.45) is 0 Å². The maximum Gasteiger partial charge on any atom is 0.157 e. The summed E-state index contributed by atoms with van der Waals surface area (Å²) in [6, 6.07) is 14.8. The molecule has 0 unspecified atom stereocenters. The molecule has 0 atom stereocenters. The first-order valence-electron chi connectivity index (χ1n) is 6.02. The van der Waals surface area contributed by atoms with Gasteiger partial charge in [-0.3, -0.25) is 0 Å². The molecule has 0 fully saturated rings. The molecular formula is C15H17NO2. The Morgan fingerprint density at radius 3 is 1.89 bits per heavy atom. The number of fused-ring (bicyclic) bond motifs is 1. The van der Waals surface area contributed by atoms with Gasteiger partial charge in [0, 0.05) is 6.54 Å². The van der Waals surface area contributed by atoms with Crippen LogP contribution in [0.1, 0.15) is 11.1 Å². The molecule has 0 saturated heterocycles. The second-order valence-electron chi connectivity index (χ2n) is 4.18. The van der Waals surface area contributed by atoms with Crippen molar-refractivity contribution >= 4 is 0 Å². The first-order valence-corrected chi connectivity index (χ1v) is 6.02. The van der Waals surface area contributed by atoms with Gasteiger partial charge >= 0.3 is 0 Å². The van der Waals surface area contributed by atoms with Crippen molar-refractivity contribution in [1.82, 2.24) is 5.32 Å². The Morgan fingerprint density at radius 1 is 0.778 bits per heavy atom. The molecule has 1 aliphatic heterocycles. The number of hydrogen-bond acceptors (Lipinski definition) is 3. The lowest BCUT2D eigenvalue weighted by Gasteiger charge is -2.15. The van der Waals surface area contributed by atoms with Crippen LogP contribution in [0, 0.1) is 0 Å². The molecule has 2 aromatic rings. The molecule has 0 aromatic heterocycles. The number of rotatable bonds is 0. The smallest absolute Gasteiger partial charge is 0.157 e. The van der Waals surface area contributed by atoms with Crippen LogP contribution in [0.2, 0.25) is 0 Å². The van der Waals surface area contributed by atoms with Crippen molar-refractivity contribution in [2.45, 2.75) is 13.0 Å². The number of phenols is 2. The van der Waals surface area contributed by atoms with Crippen LogP contribution in [-0.2, 0) is 13.0 Å². The number of benzene rings is 2. The fourth-order valence-corrected chi connectivity index (χ4v) is 1.88. The van der Waals surface area contributed by atoms with Gasteiger partial charge in [0.1, 0.15) is 0 Å². The Labute approximate surface area is 107 Å². The molecule has 0 aliphatic carbocycles. The second-order valence-corrected chi connectivity index (χ2v) is 4.18. The van der Waals surface area contributed by atoms with E-state index in [9.17, 15) is 0 Å². The maximum atomic E-state index is 8.67. The fraction of sp³-hybridized carbons (Fsp3) is 0.200. The molecule has 2 aromatic carbocycles. The minimum absolute atomic E-state index is 0.0764. The third-order valence-electron chi connectivity index (χ3n) is 2.89. The number of hydrogen-bond donors (Lipinski definition) is 3. The Bertz CT molecular complexity index is 465. The molecule has 94 valence electrons. The van der Waals surface area contributed by atoms with E-state index in [4.69, 9.17) is 10.2 Å². The molecule has 0 bridgehead atoms.